The van der Waals surface area contributed by atoms with Gasteiger partial charge in [-0.3, -0.25) is 14.9 Å². The lowest BCUT2D eigenvalue weighted by molar-refractivity contribution is -0.384. The van der Waals surface area contributed by atoms with Crippen LogP contribution in [0.2, 0.25) is 5.02 Å². The zero-order chi connectivity index (χ0) is 23.3. The average Bonchev–Trinajstić information content (AvgIpc) is 3.13. The van der Waals surface area contributed by atoms with Gasteiger partial charge in [0.15, 0.2) is 6.61 Å². The van der Waals surface area contributed by atoms with Gasteiger partial charge in [-0.25, -0.2) is 9.78 Å². The molecule has 1 heterocycles. The number of ether oxygens (including phenoxy) is 2. The Morgan fingerprint density at radius 2 is 1.91 bits per heavy atom. The fraction of sp³-hybridized carbons (Fsp3) is 0.190. The smallest absolute Gasteiger partial charge is 0.350 e. The summed E-state index contributed by atoms with van der Waals surface area (Å²) in [7, 11) is 0. The Hall–Kier alpha value is -3.50. The van der Waals surface area contributed by atoms with Gasteiger partial charge in [0, 0.05) is 17.2 Å². The van der Waals surface area contributed by atoms with Crippen LogP contribution in [0.4, 0.5) is 11.4 Å². The fourth-order valence-electron chi connectivity index (χ4n) is 2.62. The first-order valence-electron chi connectivity index (χ1n) is 9.29. The average molecular weight is 476 g/mol. The minimum atomic E-state index is -0.691. The number of amides is 1. The summed E-state index contributed by atoms with van der Waals surface area (Å²) in [5, 5.41) is 14.6. The first-order valence-corrected chi connectivity index (χ1v) is 10.5. The van der Waals surface area contributed by atoms with E-state index in [-0.39, 0.29) is 22.9 Å². The molecule has 166 valence electrons. The van der Waals surface area contributed by atoms with Crippen LogP contribution in [0.3, 0.4) is 0 Å². The van der Waals surface area contributed by atoms with Crippen molar-refractivity contribution < 1.29 is 24.0 Å². The maximum atomic E-state index is 12.4. The lowest BCUT2D eigenvalue weighted by Crippen LogP contribution is -2.21. The molecule has 3 rings (SSSR count). The minimum absolute atomic E-state index is 0.156. The molecule has 0 fully saturated rings. The summed E-state index contributed by atoms with van der Waals surface area (Å²) in [6.45, 7) is 2.97. The third-order valence-corrected chi connectivity index (χ3v) is 5.61. The lowest BCUT2D eigenvalue weighted by Gasteiger charge is -2.08. The van der Waals surface area contributed by atoms with Crippen molar-refractivity contribution in [3.05, 3.63) is 78.7 Å². The molecule has 0 unspecified atom stereocenters. The van der Waals surface area contributed by atoms with Gasteiger partial charge >= 0.3 is 5.97 Å². The highest BCUT2D eigenvalue weighted by Crippen LogP contribution is 2.23. The molecule has 11 heteroatoms. The van der Waals surface area contributed by atoms with E-state index in [1.165, 1.54) is 18.2 Å². The number of carbonyl (C=O) groups excluding carboxylic acids is 2. The number of halogens is 1. The number of nitro groups is 1. The van der Waals surface area contributed by atoms with Crippen LogP contribution in [0, 0.1) is 24.0 Å². The monoisotopic (exact) mass is 475 g/mol. The zero-order valence-electron chi connectivity index (χ0n) is 17.1. The van der Waals surface area contributed by atoms with Crippen LogP contribution in [-0.2, 0) is 16.1 Å². The lowest BCUT2D eigenvalue weighted by atomic mass is 10.2. The van der Waals surface area contributed by atoms with Crippen LogP contribution < -0.4 is 10.1 Å². The second kappa shape index (κ2) is 10.2. The van der Waals surface area contributed by atoms with Crippen molar-refractivity contribution in [3.63, 3.8) is 0 Å². The predicted octanol–water partition coefficient (Wildman–Crippen LogP) is 4.70. The summed E-state index contributed by atoms with van der Waals surface area (Å²) in [6.07, 6.45) is 0. The third-order valence-electron chi connectivity index (χ3n) is 4.24. The zero-order valence-corrected chi connectivity index (χ0v) is 18.7. The van der Waals surface area contributed by atoms with E-state index in [1.54, 1.807) is 38.1 Å². The highest BCUT2D eigenvalue weighted by molar-refractivity contribution is 7.13. The maximum absolute atomic E-state index is 12.4. The molecule has 1 aromatic heterocycles. The highest BCUT2D eigenvalue weighted by Gasteiger charge is 2.19. The fourth-order valence-corrected chi connectivity index (χ4v) is 3.62. The number of aromatic nitrogens is 1. The van der Waals surface area contributed by atoms with Gasteiger partial charge in [0.1, 0.15) is 22.2 Å². The Morgan fingerprint density at radius 1 is 1.19 bits per heavy atom. The molecule has 0 atom stereocenters. The van der Waals surface area contributed by atoms with Crippen molar-refractivity contribution >= 4 is 46.2 Å². The van der Waals surface area contributed by atoms with Crippen LogP contribution in [0.5, 0.6) is 5.75 Å². The molecule has 32 heavy (non-hydrogen) atoms. The van der Waals surface area contributed by atoms with Gasteiger partial charge in [-0.2, -0.15) is 0 Å². The number of hydrogen-bond donors (Lipinski definition) is 1. The minimum Gasteiger partial charge on any atom is -0.486 e. The first kappa shape index (κ1) is 23.2. The Balaban J connectivity index is 1.55. The van der Waals surface area contributed by atoms with E-state index in [0.717, 1.165) is 11.3 Å². The van der Waals surface area contributed by atoms with Gasteiger partial charge in [-0.1, -0.05) is 17.7 Å². The summed E-state index contributed by atoms with van der Waals surface area (Å²) < 4.78 is 10.7. The number of benzene rings is 2. The van der Waals surface area contributed by atoms with E-state index in [0.29, 0.717) is 27.0 Å². The largest absolute Gasteiger partial charge is 0.486 e. The Kier molecular flexibility index (Phi) is 7.39. The molecular formula is C21H18ClN3O6S. The van der Waals surface area contributed by atoms with Crippen molar-refractivity contribution in [1.82, 2.24) is 4.98 Å². The Morgan fingerprint density at radius 3 is 2.59 bits per heavy atom. The van der Waals surface area contributed by atoms with Gasteiger partial charge in [0.2, 0.25) is 0 Å². The van der Waals surface area contributed by atoms with Crippen LogP contribution in [0.15, 0.2) is 42.5 Å². The SMILES string of the molecule is Cc1ccc([N+](=O)[O-])cc1NC(=O)COC(=O)c1sc(COc2ccc(Cl)cc2)nc1C. The Labute approximate surface area is 192 Å². The number of esters is 1. The molecule has 0 aliphatic carbocycles. The molecule has 0 spiro atoms. The second-order valence-electron chi connectivity index (χ2n) is 6.65. The van der Waals surface area contributed by atoms with E-state index in [1.807, 2.05) is 0 Å². The molecule has 1 amide bonds. The van der Waals surface area contributed by atoms with Crippen molar-refractivity contribution in [2.75, 3.05) is 11.9 Å². The van der Waals surface area contributed by atoms with Crippen molar-refractivity contribution in [3.8, 4) is 5.75 Å². The summed E-state index contributed by atoms with van der Waals surface area (Å²) in [5.74, 6) is -0.696. The topological polar surface area (TPSA) is 121 Å². The molecule has 0 saturated heterocycles. The molecule has 2 aromatic carbocycles. The molecule has 0 bridgehead atoms. The summed E-state index contributed by atoms with van der Waals surface area (Å²) in [6, 6.07) is 11.0. The number of nitrogens with zero attached hydrogens (tertiary/aromatic N) is 2. The summed E-state index contributed by atoms with van der Waals surface area (Å²) in [5.41, 5.74) is 1.22. The number of carbonyl (C=O) groups is 2. The van der Waals surface area contributed by atoms with E-state index in [9.17, 15) is 19.7 Å². The normalized spacial score (nSPS) is 10.5. The summed E-state index contributed by atoms with van der Waals surface area (Å²) >= 11 is 6.95. The van der Waals surface area contributed by atoms with Crippen LogP contribution >= 0.6 is 22.9 Å². The number of nitro benzene ring substituents is 1. The number of anilines is 1. The van der Waals surface area contributed by atoms with Crippen LogP contribution in [0.25, 0.3) is 0 Å². The predicted molar refractivity (Wildman–Crippen MR) is 119 cm³/mol. The number of nitrogens with one attached hydrogen (secondary N) is 1. The van der Waals surface area contributed by atoms with Crippen molar-refractivity contribution in [2.24, 2.45) is 0 Å². The number of aryl methyl sites for hydroxylation is 2. The maximum Gasteiger partial charge on any atom is 0.350 e. The van der Waals surface area contributed by atoms with Gasteiger partial charge in [-0.15, -0.1) is 11.3 Å². The Bertz CT molecular complexity index is 1160. The van der Waals surface area contributed by atoms with Crippen LogP contribution in [0.1, 0.15) is 25.9 Å². The molecule has 3 aromatic rings. The number of non-ortho nitro benzene ring substituents is 1. The van der Waals surface area contributed by atoms with Crippen molar-refractivity contribution in [1.29, 1.82) is 0 Å². The standard InChI is InChI=1S/C21H18ClN3O6S/c1-12-3-6-15(25(28)29)9-17(12)24-18(26)10-31-21(27)20-13(2)23-19(32-20)11-30-16-7-4-14(22)5-8-16/h3-9H,10-11H2,1-2H3,(H,24,26). The second-order valence-corrected chi connectivity index (χ2v) is 8.17. The van der Waals surface area contributed by atoms with Crippen LogP contribution in [-0.4, -0.2) is 28.4 Å². The van der Waals surface area contributed by atoms with Gasteiger partial charge < -0.3 is 14.8 Å². The quantitative estimate of drug-likeness (QED) is 0.285. The van der Waals surface area contributed by atoms with Gasteiger partial charge in [0.25, 0.3) is 11.6 Å². The van der Waals surface area contributed by atoms with E-state index in [4.69, 9.17) is 21.1 Å². The van der Waals surface area contributed by atoms with E-state index < -0.39 is 23.4 Å². The summed E-state index contributed by atoms with van der Waals surface area (Å²) in [4.78, 5) is 39.4. The van der Waals surface area contributed by atoms with Gasteiger partial charge in [-0.05, 0) is 43.7 Å². The van der Waals surface area contributed by atoms with E-state index >= 15 is 0 Å². The number of hydrogen-bond acceptors (Lipinski definition) is 8. The molecule has 1 N–H and O–H groups in total. The third kappa shape index (κ3) is 6.02. The van der Waals surface area contributed by atoms with Crippen molar-refractivity contribution in [2.45, 2.75) is 20.5 Å². The molecule has 9 nitrogen and oxygen atoms in total. The first-order chi connectivity index (χ1) is 15.2. The molecule has 0 radical (unpaired) electrons. The molecular weight excluding hydrogens is 458 g/mol. The van der Waals surface area contributed by atoms with Gasteiger partial charge in [0.05, 0.1) is 16.3 Å². The van der Waals surface area contributed by atoms with E-state index in [2.05, 4.69) is 10.3 Å². The molecule has 0 saturated carbocycles. The number of rotatable bonds is 8. The molecule has 0 aliphatic rings. The molecule has 0 aliphatic heterocycles. The highest BCUT2D eigenvalue weighted by atomic mass is 35.5. The number of thiazole rings is 1.